The van der Waals surface area contributed by atoms with E-state index >= 15 is 0 Å². The van der Waals surface area contributed by atoms with Crippen molar-refractivity contribution in [2.75, 3.05) is 11.4 Å². The molecule has 16 heavy (non-hydrogen) atoms. The summed E-state index contributed by atoms with van der Waals surface area (Å²) in [6.45, 7) is 4.15. The molecular weight excluding hydrogens is 270 g/mol. The Labute approximate surface area is 103 Å². The molecule has 1 aliphatic heterocycles. The van der Waals surface area contributed by atoms with Crippen LogP contribution in [0, 0.1) is 0 Å². The van der Waals surface area contributed by atoms with Crippen molar-refractivity contribution in [3.63, 3.8) is 0 Å². The summed E-state index contributed by atoms with van der Waals surface area (Å²) in [5.74, 6) is -0.193. The van der Waals surface area contributed by atoms with Crippen molar-refractivity contribution in [3.8, 4) is 0 Å². The number of nitrogens with zero attached hydrogens (tertiary/aromatic N) is 1. The van der Waals surface area contributed by atoms with Gasteiger partial charge in [-0.25, -0.2) is 0 Å². The largest absolute Gasteiger partial charge is 0.388 e. The third-order valence-electron chi connectivity index (χ3n) is 2.69. The zero-order chi connectivity index (χ0) is 11.7. The van der Waals surface area contributed by atoms with Crippen LogP contribution < -0.4 is 4.90 Å². The van der Waals surface area contributed by atoms with E-state index in [4.69, 9.17) is 0 Å². The first-order valence-corrected chi connectivity index (χ1v) is 5.83. The summed E-state index contributed by atoms with van der Waals surface area (Å²) in [4.78, 5) is 13.5. The van der Waals surface area contributed by atoms with E-state index in [9.17, 15) is 9.90 Å². The van der Waals surface area contributed by atoms with Gasteiger partial charge in [-0.2, -0.15) is 0 Å². The summed E-state index contributed by atoms with van der Waals surface area (Å²) >= 11 is 3.34. The molecule has 0 saturated carbocycles. The molecule has 3 nitrogen and oxygen atoms in total. The summed E-state index contributed by atoms with van der Waals surface area (Å²) in [6.07, 6.45) is -0.153. The number of amides is 1. The van der Waals surface area contributed by atoms with Gasteiger partial charge in [0, 0.05) is 22.3 Å². The Morgan fingerprint density at radius 1 is 1.38 bits per heavy atom. The number of halogens is 1. The lowest BCUT2D eigenvalue weighted by molar-refractivity contribution is -0.117. The normalized spacial score (nSPS) is 21.4. The zero-order valence-electron chi connectivity index (χ0n) is 8.69. The van der Waals surface area contributed by atoms with E-state index in [0.29, 0.717) is 13.0 Å². The Morgan fingerprint density at radius 2 is 2.00 bits per heavy atom. The molecule has 1 aromatic rings. The SMILES string of the molecule is C=C1C(=O)N(c2ccc(Br)cc2)CC[C@H]1O. The van der Waals surface area contributed by atoms with Crippen molar-refractivity contribution < 1.29 is 9.90 Å². The van der Waals surface area contributed by atoms with Gasteiger partial charge in [0.05, 0.1) is 6.10 Å². The molecule has 1 aromatic carbocycles. The number of hydrogen-bond donors (Lipinski definition) is 1. The van der Waals surface area contributed by atoms with Gasteiger partial charge in [0.25, 0.3) is 5.91 Å². The van der Waals surface area contributed by atoms with Gasteiger partial charge in [0.1, 0.15) is 0 Å². The second-order valence-electron chi connectivity index (χ2n) is 3.76. The number of benzene rings is 1. The third-order valence-corrected chi connectivity index (χ3v) is 3.22. The lowest BCUT2D eigenvalue weighted by atomic mass is 10.0. The van der Waals surface area contributed by atoms with Crippen LogP contribution in [0.3, 0.4) is 0 Å². The Balaban J connectivity index is 2.25. The van der Waals surface area contributed by atoms with Crippen LogP contribution in [0.15, 0.2) is 40.9 Å². The molecule has 1 fully saturated rings. The van der Waals surface area contributed by atoms with Gasteiger partial charge in [0.2, 0.25) is 0 Å². The lowest BCUT2D eigenvalue weighted by Crippen LogP contribution is -2.42. The van der Waals surface area contributed by atoms with Crippen LogP contribution in [0.1, 0.15) is 6.42 Å². The van der Waals surface area contributed by atoms with Crippen molar-refractivity contribution in [1.29, 1.82) is 0 Å². The fraction of sp³-hybridized carbons (Fsp3) is 0.250. The van der Waals surface area contributed by atoms with Crippen LogP contribution in [-0.4, -0.2) is 23.7 Å². The van der Waals surface area contributed by atoms with E-state index in [1.54, 1.807) is 4.90 Å². The number of carbonyl (C=O) groups excluding carboxylic acids is 1. The van der Waals surface area contributed by atoms with Crippen molar-refractivity contribution in [3.05, 3.63) is 40.9 Å². The third kappa shape index (κ3) is 2.03. The van der Waals surface area contributed by atoms with Crippen LogP contribution in [0.4, 0.5) is 5.69 Å². The Hall–Kier alpha value is -1.13. The maximum absolute atomic E-state index is 11.9. The topological polar surface area (TPSA) is 40.5 Å². The quantitative estimate of drug-likeness (QED) is 0.801. The van der Waals surface area contributed by atoms with Crippen molar-refractivity contribution in [1.82, 2.24) is 0 Å². The molecular formula is C12H12BrNO2. The highest BCUT2D eigenvalue weighted by atomic mass is 79.9. The summed E-state index contributed by atoms with van der Waals surface area (Å²) in [5.41, 5.74) is 1.11. The molecule has 0 aromatic heterocycles. The number of rotatable bonds is 1. The van der Waals surface area contributed by atoms with Crippen molar-refractivity contribution in [2.45, 2.75) is 12.5 Å². The first-order chi connectivity index (χ1) is 7.59. The Bertz CT molecular complexity index is 427. The highest BCUT2D eigenvalue weighted by Gasteiger charge is 2.28. The standard InChI is InChI=1S/C12H12BrNO2/c1-8-11(15)6-7-14(12(8)16)10-4-2-9(13)3-5-10/h2-5,11,15H,1,6-7H2/t11-/m1/s1. The molecule has 1 N–H and O–H groups in total. The predicted molar refractivity (Wildman–Crippen MR) is 66.3 cm³/mol. The predicted octanol–water partition coefficient (Wildman–Crippen LogP) is 2.10. The van der Waals surface area contributed by atoms with Gasteiger partial charge in [-0.05, 0) is 30.7 Å². The fourth-order valence-electron chi connectivity index (χ4n) is 1.71. The van der Waals surface area contributed by atoms with Crippen molar-refractivity contribution in [2.24, 2.45) is 0 Å². The van der Waals surface area contributed by atoms with Crippen LogP contribution in [0.25, 0.3) is 0 Å². The van der Waals surface area contributed by atoms with Crippen LogP contribution >= 0.6 is 15.9 Å². The molecule has 1 aliphatic rings. The van der Waals surface area contributed by atoms with E-state index in [0.717, 1.165) is 10.2 Å². The van der Waals surface area contributed by atoms with E-state index in [-0.39, 0.29) is 11.5 Å². The highest BCUT2D eigenvalue weighted by molar-refractivity contribution is 9.10. The van der Waals surface area contributed by atoms with E-state index in [1.807, 2.05) is 24.3 Å². The van der Waals surface area contributed by atoms with Crippen LogP contribution in [0.2, 0.25) is 0 Å². The van der Waals surface area contributed by atoms with Crippen molar-refractivity contribution >= 4 is 27.5 Å². The molecule has 1 amide bonds. The van der Waals surface area contributed by atoms with E-state index < -0.39 is 6.10 Å². The highest BCUT2D eigenvalue weighted by Crippen LogP contribution is 2.24. The minimum absolute atomic E-state index is 0.193. The zero-order valence-corrected chi connectivity index (χ0v) is 10.3. The molecule has 1 saturated heterocycles. The van der Waals surface area contributed by atoms with Gasteiger partial charge < -0.3 is 10.0 Å². The molecule has 0 bridgehead atoms. The minimum atomic E-state index is -0.695. The van der Waals surface area contributed by atoms with Gasteiger partial charge in [-0.1, -0.05) is 22.5 Å². The smallest absolute Gasteiger partial charge is 0.256 e. The number of anilines is 1. The Kier molecular flexibility index (Phi) is 3.12. The minimum Gasteiger partial charge on any atom is -0.388 e. The molecule has 0 unspecified atom stereocenters. The molecule has 0 spiro atoms. The Morgan fingerprint density at radius 3 is 2.62 bits per heavy atom. The molecule has 2 rings (SSSR count). The molecule has 84 valence electrons. The van der Waals surface area contributed by atoms with Gasteiger partial charge >= 0.3 is 0 Å². The first-order valence-electron chi connectivity index (χ1n) is 5.04. The molecule has 0 aliphatic carbocycles. The maximum Gasteiger partial charge on any atom is 0.256 e. The number of aliphatic hydroxyl groups is 1. The molecule has 1 heterocycles. The number of hydrogen-bond acceptors (Lipinski definition) is 2. The summed E-state index contributed by atoms with van der Waals surface area (Å²) < 4.78 is 0.972. The first kappa shape index (κ1) is 11.4. The summed E-state index contributed by atoms with van der Waals surface area (Å²) in [5, 5.41) is 9.50. The summed E-state index contributed by atoms with van der Waals surface area (Å²) in [6, 6.07) is 7.51. The summed E-state index contributed by atoms with van der Waals surface area (Å²) in [7, 11) is 0. The average molecular weight is 282 g/mol. The second kappa shape index (κ2) is 4.39. The maximum atomic E-state index is 11.9. The molecule has 1 atom stereocenters. The van der Waals surface area contributed by atoms with Crippen LogP contribution in [-0.2, 0) is 4.79 Å². The van der Waals surface area contributed by atoms with Crippen LogP contribution in [0.5, 0.6) is 0 Å². The molecule has 4 heteroatoms. The number of piperidine rings is 1. The lowest BCUT2D eigenvalue weighted by Gasteiger charge is -2.31. The molecule has 0 radical (unpaired) electrons. The van der Waals surface area contributed by atoms with Gasteiger partial charge in [-0.15, -0.1) is 0 Å². The second-order valence-corrected chi connectivity index (χ2v) is 4.68. The van der Waals surface area contributed by atoms with Gasteiger partial charge in [-0.3, -0.25) is 4.79 Å². The average Bonchev–Trinajstić information content (AvgIpc) is 2.28. The monoisotopic (exact) mass is 281 g/mol. The van der Waals surface area contributed by atoms with E-state index in [2.05, 4.69) is 22.5 Å². The van der Waals surface area contributed by atoms with Gasteiger partial charge in [0.15, 0.2) is 0 Å². The number of aliphatic hydroxyl groups excluding tert-OH is 1. The number of carbonyl (C=O) groups is 1. The van der Waals surface area contributed by atoms with E-state index in [1.165, 1.54) is 0 Å². The fourth-order valence-corrected chi connectivity index (χ4v) is 1.97.